The first kappa shape index (κ1) is 20.1. The maximum Gasteiger partial charge on any atom is 1.00 e. The molecule has 2 rings (SSSR count). The number of hydrogen-bond donors (Lipinski definition) is 0. The predicted molar refractivity (Wildman–Crippen MR) is 85.5 cm³/mol. The van der Waals surface area contributed by atoms with E-state index in [1.165, 1.54) is 0 Å². The van der Waals surface area contributed by atoms with Crippen LogP contribution in [0.4, 0.5) is 0 Å². The molecule has 0 bridgehead atoms. The number of carbonyl (C=O) groups is 1. The summed E-state index contributed by atoms with van der Waals surface area (Å²) in [7, 11) is 0. The van der Waals surface area contributed by atoms with Gasteiger partial charge in [0.1, 0.15) is 0 Å². The summed E-state index contributed by atoms with van der Waals surface area (Å²) in [6.45, 7) is 12.4. The van der Waals surface area contributed by atoms with Crippen LogP contribution in [0.2, 0.25) is 0 Å². The molecular formula is C18H23N2ORb. The summed E-state index contributed by atoms with van der Waals surface area (Å²) in [5.74, 6) is 0.149. The Hall–Kier alpha value is 0.0352. The number of Topliss-reactive ketones (excluding diaryl/α,β-unsaturated/α-hetero) is 1. The van der Waals surface area contributed by atoms with Crippen LogP contribution in [0.25, 0.3) is 11.0 Å². The number of hydrogen-bond acceptors (Lipinski definition) is 3. The van der Waals surface area contributed by atoms with Gasteiger partial charge in [-0.25, -0.2) is 0 Å². The van der Waals surface area contributed by atoms with Crippen molar-refractivity contribution in [2.24, 2.45) is 5.41 Å². The number of benzene rings is 1. The third kappa shape index (κ3) is 5.29. The number of nitrogens with zero attached hydrogens (tertiary/aromatic N) is 2. The molecule has 0 atom stereocenters. The maximum atomic E-state index is 12.3. The second kappa shape index (κ2) is 7.29. The smallest absolute Gasteiger partial charge is 0.448 e. The second-order valence-corrected chi connectivity index (χ2v) is 7.80. The Morgan fingerprint density at radius 3 is 2.27 bits per heavy atom. The van der Waals surface area contributed by atoms with Crippen molar-refractivity contribution >= 4 is 16.8 Å². The van der Waals surface area contributed by atoms with E-state index in [0.717, 1.165) is 16.7 Å². The minimum atomic E-state index is -0.105. The summed E-state index contributed by atoms with van der Waals surface area (Å²) in [6, 6.07) is 5.52. The molecule has 0 spiro atoms. The Balaban J connectivity index is 0.00000242. The van der Waals surface area contributed by atoms with Crippen LogP contribution in [0.1, 0.15) is 64.0 Å². The minimum Gasteiger partial charge on any atom is -0.448 e. The van der Waals surface area contributed by atoms with E-state index in [2.05, 4.69) is 57.7 Å². The van der Waals surface area contributed by atoms with E-state index >= 15 is 0 Å². The van der Waals surface area contributed by atoms with Crippen molar-refractivity contribution in [3.05, 3.63) is 35.7 Å². The molecule has 0 unspecified atom stereocenters. The van der Waals surface area contributed by atoms with Crippen LogP contribution in [0.3, 0.4) is 0 Å². The summed E-state index contributed by atoms with van der Waals surface area (Å²) >= 11 is 0. The van der Waals surface area contributed by atoms with Gasteiger partial charge in [0.2, 0.25) is 0 Å². The molecule has 112 valence electrons. The van der Waals surface area contributed by atoms with Crippen molar-refractivity contribution in [2.75, 3.05) is 0 Å². The van der Waals surface area contributed by atoms with E-state index in [-0.39, 0.29) is 74.8 Å². The molecule has 0 N–H and O–H groups in total. The molecular weight excluding hydrogens is 346 g/mol. The van der Waals surface area contributed by atoms with Crippen LogP contribution in [0, 0.1) is 11.6 Å². The monoisotopic (exact) mass is 368 g/mol. The second-order valence-electron chi connectivity index (χ2n) is 7.80. The van der Waals surface area contributed by atoms with Crippen molar-refractivity contribution in [1.29, 1.82) is 0 Å². The summed E-state index contributed by atoms with van der Waals surface area (Å²) in [5.41, 5.74) is 2.94. The molecule has 0 fully saturated rings. The van der Waals surface area contributed by atoms with E-state index < -0.39 is 0 Å². The van der Waals surface area contributed by atoms with Crippen molar-refractivity contribution in [2.45, 2.75) is 53.4 Å². The third-order valence-electron chi connectivity index (χ3n) is 3.21. The Morgan fingerprint density at radius 1 is 1.09 bits per heavy atom. The normalized spacial score (nSPS) is 12.1. The molecule has 22 heavy (non-hydrogen) atoms. The van der Waals surface area contributed by atoms with Crippen molar-refractivity contribution < 1.29 is 63.0 Å². The maximum absolute atomic E-state index is 12.3. The molecule has 0 saturated heterocycles. The third-order valence-corrected chi connectivity index (χ3v) is 3.21. The van der Waals surface area contributed by atoms with Gasteiger partial charge in [0.05, 0.1) is 0 Å². The van der Waals surface area contributed by atoms with Gasteiger partial charge in [-0.05, 0) is 22.6 Å². The quantitative estimate of drug-likeness (QED) is 0.593. The van der Waals surface area contributed by atoms with Gasteiger partial charge < -0.3 is 4.98 Å². The zero-order chi connectivity index (χ0) is 15.8. The topological polar surface area (TPSA) is 42.9 Å². The molecule has 0 saturated carbocycles. The van der Waals surface area contributed by atoms with Crippen LogP contribution in [0.15, 0.2) is 18.2 Å². The summed E-state index contributed by atoms with van der Waals surface area (Å²) in [6.07, 6.45) is 3.52. The number of carbonyl (C=O) groups excluding carboxylic acids is 1. The zero-order valence-corrected chi connectivity index (χ0v) is 19.7. The molecule has 3 nitrogen and oxygen atoms in total. The van der Waals surface area contributed by atoms with Gasteiger partial charge in [0.15, 0.2) is 5.78 Å². The van der Waals surface area contributed by atoms with E-state index in [4.69, 9.17) is 0 Å². The Bertz CT molecular complexity index is 682. The molecule has 1 aromatic carbocycles. The molecule has 0 aliphatic carbocycles. The molecule has 0 radical (unpaired) electrons. The standard InChI is InChI=1S/C18H23N2O.Rb/c1-17(2,3)10-15(21)12-7-8-13-14(9-12)20-16(11-19-13)18(4,5)6;/h7-9H,10H2,1-6H3;/q-1;+1. The van der Waals surface area contributed by atoms with Crippen LogP contribution >= 0.6 is 0 Å². The first-order valence-corrected chi connectivity index (χ1v) is 7.29. The molecule has 4 heteroatoms. The first-order chi connectivity index (χ1) is 9.56. The van der Waals surface area contributed by atoms with Crippen LogP contribution in [-0.2, 0) is 5.41 Å². The molecule has 0 aliphatic heterocycles. The summed E-state index contributed by atoms with van der Waals surface area (Å²) in [5, 5.41) is 0. The fourth-order valence-electron chi connectivity index (χ4n) is 2.06. The van der Waals surface area contributed by atoms with E-state index in [1.807, 2.05) is 18.2 Å². The van der Waals surface area contributed by atoms with E-state index in [9.17, 15) is 4.79 Å². The van der Waals surface area contributed by atoms with E-state index in [1.54, 1.807) is 0 Å². The van der Waals surface area contributed by atoms with Gasteiger partial charge in [-0.1, -0.05) is 53.1 Å². The Labute approximate surface area is 182 Å². The largest absolute Gasteiger partial charge is 1.00 e. The zero-order valence-electron chi connectivity index (χ0n) is 14.7. The number of fused-ring (bicyclic) bond motifs is 1. The van der Waals surface area contributed by atoms with Crippen LogP contribution < -0.4 is 58.2 Å². The van der Waals surface area contributed by atoms with Crippen molar-refractivity contribution in [3.8, 4) is 0 Å². The summed E-state index contributed by atoms with van der Waals surface area (Å²) in [4.78, 5) is 21.3. The molecule has 0 amide bonds. The van der Waals surface area contributed by atoms with Crippen molar-refractivity contribution in [3.63, 3.8) is 0 Å². The van der Waals surface area contributed by atoms with Gasteiger partial charge >= 0.3 is 58.2 Å². The average Bonchev–Trinajstić information content (AvgIpc) is 2.34. The minimum absolute atomic E-state index is 0. The fraction of sp³-hybridized carbons (Fsp3) is 0.500. The van der Waals surface area contributed by atoms with Gasteiger partial charge in [0.25, 0.3) is 0 Å². The molecule has 1 aromatic heterocycles. The van der Waals surface area contributed by atoms with Crippen LogP contribution in [-0.4, -0.2) is 15.8 Å². The predicted octanol–water partition coefficient (Wildman–Crippen LogP) is 1.35. The van der Waals surface area contributed by atoms with Gasteiger partial charge in [-0.3, -0.25) is 9.78 Å². The Kier molecular flexibility index (Phi) is 6.65. The Morgan fingerprint density at radius 2 is 1.73 bits per heavy atom. The molecule has 1 heterocycles. The van der Waals surface area contributed by atoms with Crippen molar-refractivity contribution in [1.82, 2.24) is 9.97 Å². The molecule has 2 aromatic rings. The number of aromatic nitrogens is 2. The van der Waals surface area contributed by atoms with Crippen LogP contribution in [0.5, 0.6) is 0 Å². The average molecular weight is 369 g/mol. The number of rotatable bonds is 2. The van der Waals surface area contributed by atoms with Gasteiger partial charge in [0, 0.05) is 17.5 Å². The SMILES string of the molecule is CC(C)(C)CC(=O)c1ccc2n[c-]c(C(C)(C)C)nc2c1.[Rb+]. The van der Waals surface area contributed by atoms with E-state index in [0.29, 0.717) is 12.0 Å². The van der Waals surface area contributed by atoms with Gasteiger partial charge in [-0.15, -0.1) is 12.3 Å². The van der Waals surface area contributed by atoms with Gasteiger partial charge in [-0.2, -0.15) is 0 Å². The summed E-state index contributed by atoms with van der Waals surface area (Å²) < 4.78 is 0. The fourth-order valence-corrected chi connectivity index (χ4v) is 2.06. The number of ketones is 1. The first-order valence-electron chi connectivity index (χ1n) is 7.29. The molecule has 0 aliphatic rings.